The van der Waals surface area contributed by atoms with E-state index in [1.54, 1.807) is 0 Å². The fourth-order valence-corrected chi connectivity index (χ4v) is 2.39. The molecule has 0 fully saturated rings. The molecule has 0 aliphatic carbocycles. The Morgan fingerprint density at radius 3 is 1.83 bits per heavy atom. The van der Waals surface area contributed by atoms with Gasteiger partial charge in [-0.25, -0.2) is 4.79 Å². The van der Waals surface area contributed by atoms with Crippen LogP contribution in [0.3, 0.4) is 0 Å². The molecule has 3 nitrogen and oxygen atoms in total. The Kier molecular flexibility index (Phi) is 3.39. The first-order chi connectivity index (χ1) is 5.31. The maximum absolute atomic E-state index is 12.7. The van der Waals surface area contributed by atoms with E-state index in [-0.39, 0.29) is 12.3 Å². The second kappa shape index (κ2) is 3.52. The minimum Gasteiger partial charge on any atom is -0.476 e. The van der Waals surface area contributed by atoms with E-state index in [1.165, 1.54) is 13.8 Å². The van der Waals surface area contributed by atoms with E-state index in [1.807, 2.05) is 0 Å². The highest BCUT2D eigenvalue weighted by atomic mass is 31.2. The molecule has 0 bridgehead atoms. The monoisotopic (exact) mass is 200 g/mol. The summed E-state index contributed by atoms with van der Waals surface area (Å²) in [4.78, 5) is 10.1. The molecule has 0 rings (SSSR count). The molecular formula is C6H11F2O3P. The highest BCUT2D eigenvalue weighted by molar-refractivity contribution is 7.66. The zero-order chi connectivity index (χ0) is 9.99. The highest BCUT2D eigenvalue weighted by Gasteiger charge is 2.54. The minimum atomic E-state index is -4.07. The van der Waals surface area contributed by atoms with Gasteiger partial charge < -0.3 is 9.67 Å². The average Bonchev–Trinajstić information content (AvgIpc) is 2.02. The summed E-state index contributed by atoms with van der Waals surface area (Å²) in [5.41, 5.74) is -4.07. The number of carboxylic acid groups (broad SMARTS) is 1. The van der Waals surface area contributed by atoms with E-state index >= 15 is 0 Å². The smallest absolute Gasteiger partial charge is 0.391 e. The van der Waals surface area contributed by atoms with Gasteiger partial charge in [-0.15, -0.1) is 0 Å². The Morgan fingerprint density at radius 1 is 1.42 bits per heavy atom. The van der Waals surface area contributed by atoms with Crippen molar-refractivity contribution < 1.29 is 23.2 Å². The van der Waals surface area contributed by atoms with Crippen molar-refractivity contribution in [3.05, 3.63) is 0 Å². The lowest BCUT2D eigenvalue weighted by molar-refractivity contribution is -0.154. The van der Waals surface area contributed by atoms with Gasteiger partial charge in [0.15, 0.2) is 7.14 Å². The van der Waals surface area contributed by atoms with Crippen LogP contribution < -0.4 is 0 Å². The number of aliphatic carboxylic acids is 1. The first-order valence-electron chi connectivity index (χ1n) is 3.51. The molecule has 0 saturated carbocycles. The van der Waals surface area contributed by atoms with Gasteiger partial charge in [-0.3, -0.25) is 0 Å². The molecule has 0 aromatic heterocycles. The van der Waals surface area contributed by atoms with Crippen LogP contribution in [-0.4, -0.2) is 29.1 Å². The Morgan fingerprint density at radius 2 is 1.75 bits per heavy atom. The SMILES string of the molecule is CCP(=O)(CC)C(F)(F)C(=O)O. The first kappa shape index (κ1) is 11.6. The topological polar surface area (TPSA) is 54.4 Å². The molecule has 0 unspecified atom stereocenters. The zero-order valence-corrected chi connectivity index (χ0v) is 7.78. The molecule has 0 saturated heterocycles. The molecule has 0 amide bonds. The summed E-state index contributed by atoms with van der Waals surface area (Å²) in [6, 6.07) is 0. The van der Waals surface area contributed by atoms with Crippen molar-refractivity contribution in [3.63, 3.8) is 0 Å². The van der Waals surface area contributed by atoms with Gasteiger partial charge in [0.1, 0.15) is 0 Å². The van der Waals surface area contributed by atoms with Gasteiger partial charge in [0.25, 0.3) is 0 Å². The van der Waals surface area contributed by atoms with Crippen molar-refractivity contribution in [3.8, 4) is 0 Å². The second-order valence-corrected chi connectivity index (χ2v) is 5.97. The predicted molar refractivity (Wildman–Crippen MR) is 41.3 cm³/mol. The Labute approximate surface area is 69.1 Å². The summed E-state index contributed by atoms with van der Waals surface area (Å²) >= 11 is 0. The van der Waals surface area contributed by atoms with Crippen LogP contribution in [0.1, 0.15) is 13.8 Å². The fraction of sp³-hybridized carbons (Fsp3) is 0.833. The van der Waals surface area contributed by atoms with E-state index in [9.17, 15) is 18.1 Å². The molecule has 0 radical (unpaired) electrons. The number of alkyl halides is 2. The summed E-state index contributed by atoms with van der Waals surface area (Å²) in [5, 5.41) is 8.12. The van der Waals surface area contributed by atoms with Gasteiger partial charge >= 0.3 is 11.6 Å². The molecule has 0 spiro atoms. The van der Waals surface area contributed by atoms with E-state index in [0.717, 1.165) is 0 Å². The summed E-state index contributed by atoms with van der Waals surface area (Å²) in [5.74, 6) is -2.30. The van der Waals surface area contributed by atoms with Crippen LogP contribution in [-0.2, 0) is 9.36 Å². The lowest BCUT2D eigenvalue weighted by Crippen LogP contribution is -2.29. The van der Waals surface area contributed by atoms with Gasteiger partial charge in [0, 0.05) is 12.3 Å². The molecule has 0 atom stereocenters. The van der Waals surface area contributed by atoms with E-state index < -0.39 is 18.8 Å². The summed E-state index contributed by atoms with van der Waals surface area (Å²) in [6.45, 7) is 2.61. The van der Waals surface area contributed by atoms with Crippen molar-refractivity contribution in [2.24, 2.45) is 0 Å². The third kappa shape index (κ3) is 1.66. The lowest BCUT2D eigenvalue weighted by Gasteiger charge is -2.21. The first-order valence-corrected chi connectivity index (χ1v) is 5.59. The summed E-state index contributed by atoms with van der Waals surface area (Å²) < 4.78 is 36.7. The van der Waals surface area contributed by atoms with E-state index in [0.29, 0.717) is 0 Å². The number of hydrogen-bond donors (Lipinski definition) is 1. The van der Waals surface area contributed by atoms with Crippen molar-refractivity contribution in [2.45, 2.75) is 19.5 Å². The van der Waals surface area contributed by atoms with Gasteiger partial charge in [0.2, 0.25) is 0 Å². The van der Waals surface area contributed by atoms with Crippen LogP contribution >= 0.6 is 7.14 Å². The third-order valence-corrected chi connectivity index (χ3v) is 5.05. The van der Waals surface area contributed by atoms with E-state index in [4.69, 9.17) is 5.11 Å². The Bertz CT molecular complexity index is 219. The summed E-state index contributed by atoms with van der Waals surface area (Å²) in [6.07, 6.45) is -0.578. The fourth-order valence-electron chi connectivity index (χ4n) is 0.795. The number of hydrogen-bond acceptors (Lipinski definition) is 2. The van der Waals surface area contributed by atoms with Crippen molar-refractivity contribution in [1.82, 2.24) is 0 Å². The molecule has 12 heavy (non-hydrogen) atoms. The standard InChI is InChI=1S/C6H11F2O3P/c1-3-12(11,4-2)6(7,8)5(9)10/h3-4H2,1-2H3,(H,9,10). The molecule has 1 N–H and O–H groups in total. The number of carbonyl (C=O) groups is 1. The van der Waals surface area contributed by atoms with Crippen molar-refractivity contribution in [2.75, 3.05) is 12.3 Å². The number of halogens is 2. The summed E-state index contributed by atoms with van der Waals surface area (Å²) in [7, 11) is -3.87. The number of rotatable bonds is 4. The molecule has 0 aromatic carbocycles. The normalized spacial score (nSPS) is 13.0. The largest absolute Gasteiger partial charge is 0.476 e. The van der Waals surface area contributed by atoms with Crippen LogP contribution in [0.15, 0.2) is 0 Å². The average molecular weight is 200 g/mol. The molecule has 72 valence electrons. The molecule has 0 heterocycles. The third-order valence-electron chi connectivity index (χ3n) is 1.79. The van der Waals surface area contributed by atoms with Crippen molar-refractivity contribution in [1.29, 1.82) is 0 Å². The minimum absolute atomic E-state index is 0.289. The molecule has 0 aliphatic rings. The van der Waals surface area contributed by atoms with Crippen LogP contribution in [0.4, 0.5) is 8.78 Å². The maximum Gasteiger partial charge on any atom is 0.391 e. The van der Waals surface area contributed by atoms with Crippen LogP contribution in [0.5, 0.6) is 0 Å². The number of carboxylic acids is 1. The van der Waals surface area contributed by atoms with Gasteiger partial charge in [0.05, 0.1) is 0 Å². The Hall–Kier alpha value is -0.440. The Balaban J connectivity index is 4.98. The lowest BCUT2D eigenvalue weighted by atomic mass is 10.7. The molecule has 6 heteroatoms. The van der Waals surface area contributed by atoms with Gasteiger partial charge in [-0.2, -0.15) is 8.78 Å². The molecule has 0 aliphatic heterocycles. The zero-order valence-electron chi connectivity index (χ0n) is 6.88. The van der Waals surface area contributed by atoms with Crippen LogP contribution in [0.25, 0.3) is 0 Å². The maximum atomic E-state index is 12.7. The molecule has 0 aromatic rings. The second-order valence-electron chi connectivity index (χ2n) is 2.37. The predicted octanol–water partition coefficient (Wildman–Crippen LogP) is 2.07. The van der Waals surface area contributed by atoms with Crippen LogP contribution in [0.2, 0.25) is 0 Å². The molecular weight excluding hydrogens is 189 g/mol. The quantitative estimate of drug-likeness (QED) is 0.706. The van der Waals surface area contributed by atoms with E-state index in [2.05, 4.69) is 0 Å². The van der Waals surface area contributed by atoms with Crippen molar-refractivity contribution >= 4 is 13.1 Å². The van der Waals surface area contributed by atoms with Crippen LogP contribution in [0, 0.1) is 0 Å². The highest BCUT2D eigenvalue weighted by Crippen LogP contribution is 2.59. The van der Waals surface area contributed by atoms with Gasteiger partial charge in [-0.1, -0.05) is 13.8 Å². The van der Waals surface area contributed by atoms with Gasteiger partial charge in [-0.05, 0) is 0 Å².